The van der Waals surface area contributed by atoms with Crippen LogP contribution in [-0.4, -0.2) is 31.6 Å². The summed E-state index contributed by atoms with van der Waals surface area (Å²) in [4.78, 5) is 0. The van der Waals surface area contributed by atoms with Crippen molar-refractivity contribution in [3.63, 3.8) is 0 Å². The van der Waals surface area contributed by atoms with Gasteiger partial charge in [0.25, 0.3) is 0 Å². The van der Waals surface area contributed by atoms with Gasteiger partial charge in [-0.05, 0) is 24.3 Å². The van der Waals surface area contributed by atoms with Gasteiger partial charge in [0.05, 0.1) is 33.5 Å². The van der Waals surface area contributed by atoms with E-state index in [4.69, 9.17) is 30.3 Å². The fraction of sp³-hybridized carbons (Fsp3) is 0.211. The SMILES string of the molecule is COc1cc(-c2onc(-c3cccc(Cl)c3)c2CO)cc(OC)c1OC. The molecule has 0 radical (unpaired) electrons. The lowest BCUT2D eigenvalue weighted by molar-refractivity contribution is 0.281. The molecule has 0 aliphatic carbocycles. The highest BCUT2D eigenvalue weighted by atomic mass is 35.5. The summed E-state index contributed by atoms with van der Waals surface area (Å²) in [6.07, 6.45) is 0. The number of nitrogens with zero attached hydrogens (tertiary/aromatic N) is 1. The molecule has 1 N–H and O–H groups in total. The molecule has 0 bridgehead atoms. The molecule has 3 rings (SSSR count). The van der Waals surface area contributed by atoms with Gasteiger partial charge in [-0.1, -0.05) is 28.9 Å². The third-order valence-corrected chi connectivity index (χ3v) is 4.21. The first kappa shape index (κ1) is 18.1. The molecule has 0 amide bonds. The maximum Gasteiger partial charge on any atom is 0.203 e. The van der Waals surface area contributed by atoms with Crippen molar-refractivity contribution in [3.8, 4) is 39.8 Å². The number of benzene rings is 2. The molecule has 0 saturated carbocycles. The first-order valence-corrected chi connectivity index (χ1v) is 8.16. The Bertz CT molecular complexity index is 897. The van der Waals surface area contributed by atoms with Crippen LogP contribution in [0.3, 0.4) is 0 Å². The first-order valence-electron chi connectivity index (χ1n) is 7.78. The van der Waals surface area contributed by atoms with Crippen molar-refractivity contribution in [1.82, 2.24) is 5.16 Å². The van der Waals surface area contributed by atoms with Crippen LogP contribution in [0.5, 0.6) is 17.2 Å². The van der Waals surface area contributed by atoms with E-state index < -0.39 is 0 Å². The number of aliphatic hydroxyl groups excluding tert-OH is 1. The molecule has 1 aromatic heterocycles. The molecule has 26 heavy (non-hydrogen) atoms. The Hall–Kier alpha value is -2.70. The van der Waals surface area contributed by atoms with Crippen molar-refractivity contribution in [2.75, 3.05) is 21.3 Å². The summed E-state index contributed by atoms with van der Waals surface area (Å²) in [5.41, 5.74) is 2.47. The molecule has 0 aliphatic rings. The number of halogens is 1. The van der Waals surface area contributed by atoms with Gasteiger partial charge in [-0.2, -0.15) is 0 Å². The van der Waals surface area contributed by atoms with E-state index in [1.807, 2.05) is 12.1 Å². The van der Waals surface area contributed by atoms with Gasteiger partial charge in [0.15, 0.2) is 17.3 Å². The molecule has 2 aromatic carbocycles. The number of aromatic nitrogens is 1. The molecule has 0 fully saturated rings. The largest absolute Gasteiger partial charge is 0.493 e. The summed E-state index contributed by atoms with van der Waals surface area (Å²) < 4.78 is 21.6. The van der Waals surface area contributed by atoms with Crippen LogP contribution in [0.25, 0.3) is 22.6 Å². The van der Waals surface area contributed by atoms with E-state index >= 15 is 0 Å². The van der Waals surface area contributed by atoms with Gasteiger partial charge >= 0.3 is 0 Å². The van der Waals surface area contributed by atoms with Crippen molar-refractivity contribution >= 4 is 11.6 Å². The van der Waals surface area contributed by atoms with E-state index in [-0.39, 0.29) is 6.61 Å². The molecule has 136 valence electrons. The van der Waals surface area contributed by atoms with Crippen LogP contribution in [0.1, 0.15) is 5.56 Å². The molecule has 0 unspecified atom stereocenters. The Balaban J connectivity index is 2.16. The monoisotopic (exact) mass is 375 g/mol. The predicted molar refractivity (Wildman–Crippen MR) is 98.0 cm³/mol. The minimum Gasteiger partial charge on any atom is -0.493 e. The zero-order chi connectivity index (χ0) is 18.7. The Morgan fingerprint density at radius 2 is 1.69 bits per heavy atom. The van der Waals surface area contributed by atoms with E-state index in [2.05, 4.69) is 5.16 Å². The molecule has 0 atom stereocenters. The number of hydrogen-bond acceptors (Lipinski definition) is 6. The number of rotatable bonds is 6. The van der Waals surface area contributed by atoms with Crippen LogP contribution >= 0.6 is 11.6 Å². The number of hydrogen-bond donors (Lipinski definition) is 1. The van der Waals surface area contributed by atoms with Gasteiger partial charge in [-0.25, -0.2) is 0 Å². The van der Waals surface area contributed by atoms with Crippen LogP contribution in [0.4, 0.5) is 0 Å². The number of ether oxygens (including phenoxy) is 3. The Morgan fingerprint density at radius 1 is 1.00 bits per heavy atom. The second-order valence-electron chi connectivity index (χ2n) is 5.42. The van der Waals surface area contributed by atoms with Gasteiger partial charge in [0, 0.05) is 16.1 Å². The zero-order valence-electron chi connectivity index (χ0n) is 14.6. The minimum atomic E-state index is -0.253. The van der Waals surface area contributed by atoms with Gasteiger partial charge in [0.2, 0.25) is 5.75 Å². The van der Waals surface area contributed by atoms with E-state index in [0.29, 0.717) is 44.9 Å². The molecule has 3 aromatic rings. The maximum atomic E-state index is 9.91. The Kier molecular flexibility index (Phi) is 5.35. The average molecular weight is 376 g/mol. The van der Waals surface area contributed by atoms with Crippen molar-refractivity contribution in [2.24, 2.45) is 0 Å². The van der Waals surface area contributed by atoms with Crippen LogP contribution < -0.4 is 14.2 Å². The Labute approximate surface area is 155 Å². The van der Waals surface area contributed by atoms with Gasteiger partial charge in [-0.3, -0.25) is 0 Å². The highest BCUT2D eigenvalue weighted by Gasteiger charge is 2.22. The smallest absolute Gasteiger partial charge is 0.203 e. The quantitative estimate of drug-likeness (QED) is 0.696. The second kappa shape index (κ2) is 7.68. The summed E-state index contributed by atoms with van der Waals surface area (Å²) >= 11 is 6.06. The molecule has 7 heteroatoms. The fourth-order valence-corrected chi connectivity index (χ4v) is 2.95. The van der Waals surface area contributed by atoms with Gasteiger partial charge in [-0.15, -0.1) is 0 Å². The molecule has 6 nitrogen and oxygen atoms in total. The lowest BCUT2D eigenvalue weighted by Gasteiger charge is -2.13. The van der Waals surface area contributed by atoms with Crippen molar-refractivity contribution in [1.29, 1.82) is 0 Å². The first-order chi connectivity index (χ1) is 12.6. The average Bonchev–Trinajstić information content (AvgIpc) is 3.10. The summed E-state index contributed by atoms with van der Waals surface area (Å²) in [6.45, 7) is -0.253. The van der Waals surface area contributed by atoms with E-state index in [9.17, 15) is 5.11 Å². The fourth-order valence-electron chi connectivity index (χ4n) is 2.76. The van der Waals surface area contributed by atoms with Crippen molar-refractivity contribution < 1.29 is 23.8 Å². The molecular formula is C19H18ClNO5. The molecule has 1 heterocycles. The molecule has 0 aliphatic heterocycles. The topological polar surface area (TPSA) is 74.0 Å². The second-order valence-corrected chi connectivity index (χ2v) is 5.86. The maximum absolute atomic E-state index is 9.91. The zero-order valence-corrected chi connectivity index (χ0v) is 15.3. The minimum absolute atomic E-state index is 0.253. The van der Waals surface area contributed by atoms with Crippen molar-refractivity contribution in [2.45, 2.75) is 6.61 Å². The summed E-state index contributed by atoms with van der Waals surface area (Å²) in [6, 6.07) is 10.7. The van der Waals surface area contributed by atoms with Gasteiger partial charge < -0.3 is 23.8 Å². The highest BCUT2D eigenvalue weighted by molar-refractivity contribution is 6.30. The lowest BCUT2D eigenvalue weighted by Crippen LogP contribution is -1.96. The predicted octanol–water partition coefficient (Wildman–Crippen LogP) is 4.18. The molecular weight excluding hydrogens is 358 g/mol. The van der Waals surface area contributed by atoms with Crippen LogP contribution in [-0.2, 0) is 6.61 Å². The summed E-state index contributed by atoms with van der Waals surface area (Å²) in [7, 11) is 4.60. The van der Waals surface area contributed by atoms with Crippen molar-refractivity contribution in [3.05, 3.63) is 47.0 Å². The standard InChI is InChI=1S/C19H18ClNO5/c1-23-15-8-12(9-16(24-2)19(15)25-3)18-14(10-22)17(21-26-18)11-5-4-6-13(20)7-11/h4-9,22H,10H2,1-3H3. The number of aliphatic hydroxyl groups is 1. The van der Waals surface area contributed by atoms with Crippen LogP contribution in [0, 0.1) is 0 Å². The summed E-state index contributed by atoms with van der Waals surface area (Å²) in [5.74, 6) is 1.85. The lowest BCUT2D eigenvalue weighted by atomic mass is 10.0. The van der Waals surface area contributed by atoms with E-state index in [0.717, 1.165) is 5.56 Å². The van der Waals surface area contributed by atoms with E-state index in [1.165, 1.54) is 21.3 Å². The molecule has 0 saturated heterocycles. The van der Waals surface area contributed by atoms with E-state index in [1.54, 1.807) is 24.3 Å². The third kappa shape index (κ3) is 3.21. The van der Waals surface area contributed by atoms with Gasteiger partial charge in [0.1, 0.15) is 5.69 Å². The van der Waals surface area contributed by atoms with Crippen LogP contribution in [0.15, 0.2) is 40.9 Å². The van der Waals surface area contributed by atoms with Crippen LogP contribution in [0.2, 0.25) is 5.02 Å². The number of methoxy groups -OCH3 is 3. The molecule has 0 spiro atoms. The normalized spacial score (nSPS) is 10.7. The summed E-state index contributed by atoms with van der Waals surface area (Å²) in [5, 5.41) is 14.6. The Morgan fingerprint density at radius 3 is 2.23 bits per heavy atom. The third-order valence-electron chi connectivity index (χ3n) is 3.97. The highest BCUT2D eigenvalue weighted by Crippen LogP contribution is 2.43.